The van der Waals surface area contributed by atoms with Crippen molar-refractivity contribution < 1.29 is 9.53 Å². The topological polar surface area (TPSA) is 78.6 Å². The SMILES string of the molecule is COCCN1C(=O)/C(=C/c2c(C)c(C#N)c(=O)n(C)c2N(C)Cc2ccccc2)SC1=S. The van der Waals surface area contributed by atoms with E-state index >= 15 is 0 Å². The molecule has 0 saturated carbocycles. The molecule has 0 spiro atoms. The first-order chi connectivity index (χ1) is 15.3. The highest BCUT2D eigenvalue weighted by Crippen LogP contribution is 2.35. The number of carbonyl (C=O) groups excluding carboxylic acids is 1. The van der Waals surface area contributed by atoms with E-state index in [0.29, 0.717) is 45.9 Å². The lowest BCUT2D eigenvalue weighted by Crippen LogP contribution is -2.31. The number of thiocarbonyl (C=S) groups is 1. The third-order valence-electron chi connectivity index (χ3n) is 5.26. The smallest absolute Gasteiger partial charge is 0.270 e. The highest BCUT2D eigenvalue weighted by molar-refractivity contribution is 8.26. The van der Waals surface area contributed by atoms with Crippen LogP contribution in [-0.4, -0.2) is 47.0 Å². The van der Waals surface area contributed by atoms with E-state index in [9.17, 15) is 14.9 Å². The number of nitriles is 1. The molecule has 7 nitrogen and oxygen atoms in total. The monoisotopic (exact) mass is 468 g/mol. The maximum absolute atomic E-state index is 13.0. The van der Waals surface area contributed by atoms with Gasteiger partial charge in [-0.15, -0.1) is 0 Å². The highest BCUT2D eigenvalue weighted by atomic mass is 32.2. The summed E-state index contributed by atoms with van der Waals surface area (Å²) in [7, 11) is 5.09. The molecule has 166 valence electrons. The minimum atomic E-state index is -0.371. The van der Waals surface area contributed by atoms with Crippen LogP contribution in [0.2, 0.25) is 0 Å². The van der Waals surface area contributed by atoms with Crippen LogP contribution in [0.5, 0.6) is 0 Å². The molecule has 0 unspecified atom stereocenters. The molecule has 0 atom stereocenters. The second-order valence-corrected chi connectivity index (χ2v) is 9.06. The number of rotatable bonds is 7. The number of nitrogens with zero attached hydrogens (tertiary/aromatic N) is 4. The Morgan fingerprint density at radius 2 is 1.97 bits per heavy atom. The van der Waals surface area contributed by atoms with E-state index in [1.54, 1.807) is 27.2 Å². The fourth-order valence-corrected chi connectivity index (χ4v) is 4.90. The molecule has 1 saturated heterocycles. The zero-order valence-electron chi connectivity index (χ0n) is 18.4. The fraction of sp³-hybridized carbons (Fsp3) is 0.304. The van der Waals surface area contributed by atoms with Crippen molar-refractivity contribution in [2.24, 2.45) is 7.05 Å². The van der Waals surface area contributed by atoms with E-state index in [1.807, 2.05) is 48.3 Å². The number of amides is 1. The molecule has 0 aliphatic carbocycles. The molecule has 0 bridgehead atoms. The largest absolute Gasteiger partial charge is 0.383 e. The summed E-state index contributed by atoms with van der Waals surface area (Å²) < 4.78 is 7.00. The molecule has 1 amide bonds. The van der Waals surface area contributed by atoms with Crippen LogP contribution in [-0.2, 0) is 23.1 Å². The summed E-state index contributed by atoms with van der Waals surface area (Å²) in [4.78, 5) is 29.7. The van der Waals surface area contributed by atoms with Crippen molar-refractivity contribution in [3.63, 3.8) is 0 Å². The molecule has 0 radical (unpaired) electrons. The van der Waals surface area contributed by atoms with E-state index in [1.165, 1.54) is 21.2 Å². The van der Waals surface area contributed by atoms with E-state index in [4.69, 9.17) is 17.0 Å². The number of ether oxygens (including phenoxy) is 1. The van der Waals surface area contributed by atoms with Crippen LogP contribution in [0, 0.1) is 18.3 Å². The number of anilines is 1. The summed E-state index contributed by atoms with van der Waals surface area (Å²) in [5.74, 6) is 0.415. The summed E-state index contributed by atoms with van der Waals surface area (Å²) >= 11 is 6.59. The Balaban J connectivity index is 2.12. The number of methoxy groups -OCH3 is 1. The van der Waals surface area contributed by atoms with Gasteiger partial charge in [-0.2, -0.15) is 5.26 Å². The number of carbonyl (C=O) groups is 1. The summed E-state index contributed by atoms with van der Waals surface area (Å²) in [6, 6.07) is 11.9. The Labute approximate surface area is 196 Å². The van der Waals surface area contributed by atoms with Crippen LogP contribution < -0.4 is 10.5 Å². The number of benzene rings is 1. The third-order valence-corrected chi connectivity index (χ3v) is 6.64. The highest BCUT2D eigenvalue weighted by Gasteiger charge is 2.32. The summed E-state index contributed by atoms with van der Waals surface area (Å²) in [5, 5.41) is 9.59. The van der Waals surface area contributed by atoms with Crippen molar-refractivity contribution >= 4 is 46.1 Å². The van der Waals surface area contributed by atoms with Crippen LogP contribution in [0.15, 0.2) is 40.0 Å². The molecule has 2 aromatic rings. The van der Waals surface area contributed by atoms with Gasteiger partial charge in [-0.1, -0.05) is 54.3 Å². The van der Waals surface area contributed by atoms with Gasteiger partial charge in [0.05, 0.1) is 18.1 Å². The van der Waals surface area contributed by atoms with Gasteiger partial charge in [0.2, 0.25) is 0 Å². The lowest BCUT2D eigenvalue weighted by molar-refractivity contribution is -0.122. The van der Waals surface area contributed by atoms with Gasteiger partial charge < -0.3 is 9.64 Å². The molecule has 1 aliphatic heterocycles. The molecule has 3 rings (SSSR count). The van der Waals surface area contributed by atoms with Crippen molar-refractivity contribution in [2.45, 2.75) is 13.5 Å². The first-order valence-corrected chi connectivity index (χ1v) is 11.2. The zero-order valence-corrected chi connectivity index (χ0v) is 20.0. The molecule has 9 heteroatoms. The zero-order chi connectivity index (χ0) is 23.4. The predicted octanol–water partition coefficient (Wildman–Crippen LogP) is 3.05. The van der Waals surface area contributed by atoms with Gasteiger partial charge in [0, 0.05) is 33.3 Å². The van der Waals surface area contributed by atoms with Crippen molar-refractivity contribution in [3.8, 4) is 6.07 Å². The maximum atomic E-state index is 13.0. The Morgan fingerprint density at radius 1 is 1.28 bits per heavy atom. The fourth-order valence-electron chi connectivity index (χ4n) is 3.61. The standard InChI is InChI=1S/C23H24N4O3S2/c1-15-17(12-19-22(29)27(10-11-30-4)23(31)32-19)20(26(3)21(28)18(15)13-24)25(2)14-16-8-6-5-7-9-16/h5-9,12H,10-11,14H2,1-4H3/b19-12-. The van der Waals surface area contributed by atoms with E-state index in [-0.39, 0.29) is 17.0 Å². The molecule has 0 N–H and O–H groups in total. The van der Waals surface area contributed by atoms with Gasteiger partial charge in [-0.05, 0) is 24.1 Å². The van der Waals surface area contributed by atoms with Crippen LogP contribution in [0.3, 0.4) is 0 Å². The van der Waals surface area contributed by atoms with Crippen LogP contribution in [0.4, 0.5) is 5.82 Å². The predicted molar refractivity (Wildman–Crippen MR) is 131 cm³/mol. The van der Waals surface area contributed by atoms with Crippen molar-refractivity contribution in [1.29, 1.82) is 5.26 Å². The van der Waals surface area contributed by atoms with Gasteiger partial charge in [-0.3, -0.25) is 19.1 Å². The van der Waals surface area contributed by atoms with Crippen LogP contribution >= 0.6 is 24.0 Å². The average Bonchev–Trinajstić information content (AvgIpc) is 3.04. The van der Waals surface area contributed by atoms with Crippen molar-refractivity contribution in [3.05, 3.63) is 67.8 Å². The second-order valence-electron chi connectivity index (χ2n) is 7.38. The minimum absolute atomic E-state index is 0.0606. The lowest BCUT2D eigenvalue weighted by atomic mass is 10.0. The average molecular weight is 469 g/mol. The van der Waals surface area contributed by atoms with E-state index < -0.39 is 0 Å². The molecule has 1 aromatic carbocycles. The number of pyridine rings is 1. The van der Waals surface area contributed by atoms with Gasteiger partial charge >= 0.3 is 0 Å². The maximum Gasteiger partial charge on any atom is 0.270 e. The molecular formula is C23H24N4O3S2. The minimum Gasteiger partial charge on any atom is -0.383 e. The normalized spacial score (nSPS) is 14.8. The van der Waals surface area contributed by atoms with Crippen LogP contribution in [0.25, 0.3) is 6.08 Å². The number of aromatic nitrogens is 1. The quantitative estimate of drug-likeness (QED) is 0.456. The summed E-state index contributed by atoms with van der Waals surface area (Å²) in [6.45, 7) is 3.03. The number of thioether (sulfide) groups is 1. The number of hydrogen-bond donors (Lipinski definition) is 0. The summed E-state index contributed by atoms with van der Waals surface area (Å²) in [6.07, 6.45) is 1.73. The van der Waals surface area contributed by atoms with Gasteiger partial charge in [0.1, 0.15) is 21.8 Å². The molecule has 32 heavy (non-hydrogen) atoms. The lowest BCUT2D eigenvalue weighted by Gasteiger charge is -2.26. The first kappa shape index (κ1) is 23.7. The number of hydrogen-bond acceptors (Lipinski definition) is 7. The molecule has 1 aromatic heterocycles. The molecular weight excluding hydrogens is 444 g/mol. The van der Waals surface area contributed by atoms with Gasteiger partial charge in [0.25, 0.3) is 11.5 Å². The van der Waals surface area contributed by atoms with Gasteiger partial charge in [-0.25, -0.2) is 0 Å². The molecule has 2 heterocycles. The molecule has 1 aliphatic rings. The van der Waals surface area contributed by atoms with E-state index in [2.05, 4.69) is 0 Å². The molecule has 1 fully saturated rings. The Morgan fingerprint density at radius 3 is 2.59 bits per heavy atom. The van der Waals surface area contributed by atoms with Crippen molar-refractivity contribution in [1.82, 2.24) is 9.47 Å². The first-order valence-electron chi connectivity index (χ1n) is 9.93. The van der Waals surface area contributed by atoms with E-state index in [0.717, 1.165) is 5.56 Å². The Bertz CT molecular complexity index is 1180. The summed E-state index contributed by atoms with van der Waals surface area (Å²) in [5.41, 5.74) is 1.94. The third kappa shape index (κ3) is 4.63. The van der Waals surface area contributed by atoms with Gasteiger partial charge in [0.15, 0.2) is 0 Å². The Kier molecular flexibility index (Phi) is 7.51. The second kappa shape index (κ2) is 10.1. The van der Waals surface area contributed by atoms with Crippen molar-refractivity contribution in [2.75, 3.05) is 32.2 Å². The van der Waals surface area contributed by atoms with Crippen LogP contribution in [0.1, 0.15) is 22.3 Å². The Hall–Kier alpha value is -2.93.